The number of carboxylic acids is 1. The fourth-order valence-electron chi connectivity index (χ4n) is 6.66. The van der Waals surface area contributed by atoms with E-state index in [0.29, 0.717) is 48.6 Å². The number of carbonyl (C=O) groups is 4. The fraction of sp³-hybridized carbons (Fsp3) is 0.378. The molecular formula is C45H54N4O6. The van der Waals surface area contributed by atoms with Crippen LogP contribution in [-0.4, -0.2) is 98.9 Å². The van der Waals surface area contributed by atoms with Crippen molar-refractivity contribution in [1.29, 1.82) is 0 Å². The predicted molar refractivity (Wildman–Crippen MR) is 214 cm³/mol. The quantitative estimate of drug-likeness (QED) is 0.154. The third-order valence-corrected chi connectivity index (χ3v) is 9.93. The van der Waals surface area contributed by atoms with Crippen LogP contribution in [0, 0.1) is 0 Å². The van der Waals surface area contributed by atoms with E-state index in [-0.39, 0.29) is 42.9 Å². The Morgan fingerprint density at radius 1 is 0.600 bits per heavy atom. The van der Waals surface area contributed by atoms with E-state index in [1.54, 1.807) is 52.3 Å². The van der Waals surface area contributed by atoms with Crippen LogP contribution in [0.5, 0.6) is 0 Å². The largest absolute Gasteiger partial charge is 0.478 e. The molecule has 10 heteroatoms. The van der Waals surface area contributed by atoms with Gasteiger partial charge in [-0.15, -0.1) is 0 Å². The normalized spacial score (nSPS) is 13.6. The molecule has 1 aliphatic heterocycles. The summed E-state index contributed by atoms with van der Waals surface area (Å²) in [6.45, 7) is 16.4. The highest BCUT2D eigenvalue weighted by atomic mass is 16.5. The molecule has 4 aromatic rings. The zero-order chi connectivity index (χ0) is 39.8. The molecule has 0 aromatic heterocycles. The molecule has 1 saturated heterocycles. The number of benzene rings is 4. The standard InChI is InChI=1S/C45H54N4O6/c1-44(2,3)48(30-33-20-22-35(23-21-33)43(53)54)42(52)39-19-13-10-16-36(39)31-47(25-24-46-26-28-55-29-27-46)41(51)38-18-12-11-17-37(38)32-49(45(4,5)6)40(50)34-14-8-7-9-15-34/h7-23H,24-32H2,1-6H3,(H,53,54). The van der Waals surface area contributed by atoms with E-state index in [1.807, 2.05) is 107 Å². The molecule has 0 aliphatic carbocycles. The Morgan fingerprint density at radius 3 is 1.67 bits per heavy atom. The number of nitrogens with zero attached hydrogens (tertiary/aromatic N) is 4. The zero-order valence-corrected chi connectivity index (χ0v) is 33.0. The van der Waals surface area contributed by atoms with E-state index in [1.165, 1.54) is 0 Å². The Bertz CT molecular complexity index is 1940. The third-order valence-electron chi connectivity index (χ3n) is 9.93. The molecule has 0 unspecified atom stereocenters. The van der Waals surface area contributed by atoms with Crippen molar-refractivity contribution >= 4 is 23.7 Å². The molecule has 1 fully saturated rings. The van der Waals surface area contributed by atoms with Crippen LogP contribution in [0.1, 0.15) is 99.7 Å². The van der Waals surface area contributed by atoms with E-state index in [0.717, 1.165) is 24.2 Å². The van der Waals surface area contributed by atoms with Crippen LogP contribution in [-0.2, 0) is 24.4 Å². The third kappa shape index (κ3) is 10.7. The van der Waals surface area contributed by atoms with Crippen molar-refractivity contribution in [2.24, 2.45) is 0 Å². The van der Waals surface area contributed by atoms with Crippen molar-refractivity contribution in [3.63, 3.8) is 0 Å². The highest BCUT2D eigenvalue weighted by Gasteiger charge is 2.32. The van der Waals surface area contributed by atoms with E-state index < -0.39 is 17.0 Å². The average molecular weight is 747 g/mol. The van der Waals surface area contributed by atoms with E-state index >= 15 is 0 Å². The summed E-state index contributed by atoms with van der Waals surface area (Å²) < 4.78 is 5.58. The summed E-state index contributed by atoms with van der Waals surface area (Å²) in [5.74, 6) is -1.50. The van der Waals surface area contributed by atoms with Crippen LogP contribution in [0.4, 0.5) is 0 Å². The summed E-state index contributed by atoms with van der Waals surface area (Å²) in [5.41, 5.74) is 2.91. The predicted octanol–water partition coefficient (Wildman–Crippen LogP) is 7.24. The number of morpholine rings is 1. The van der Waals surface area contributed by atoms with Crippen molar-refractivity contribution in [1.82, 2.24) is 19.6 Å². The molecule has 290 valence electrons. The van der Waals surface area contributed by atoms with Gasteiger partial charge >= 0.3 is 5.97 Å². The maximum atomic E-state index is 14.8. The first-order valence-electron chi connectivity index (χ1n) is 18.9. The van der Waals surface area contributed by atoms with Gasteiger partial charge in [0.25, 0.3) is 17.7 Å². The van der Waals surface area contributed by atoms with Gasteiger partial charge in [0, 0.05) is 73.6 Å². The maximum absolute atomic E-state index is 14.8. The summed E-state index contributed by atoms with van der Waals surface area (Å²) >= 11 is 0. The van der Waals surface area contributed by atoms with Crippen LogP contribution in [0.2, 0.25) is 0 Å². The van der Waals surface area contributed by atoms with Crippen molar-refractivity contribution in [2.45, 2.75) is 72.3 Å². The molecule has 10 nitrogen and oxygen atoms in total. The SMILES string of the molecule is CC(C)(C)N(Cc1ccccc1C(=O)N(CCN1CCOCC1)Cc1ccccc1C(=O)N(Cc1ccc(C(=O)O)cc1)C(C)(C)C)C(=O)c1ccccc1. The molecule has 1 N–H and O–H groups in total. The van der Waals surface area contributed by atoms with Gasteiger partial charge in [-0.05, 0) is 94.6 Å². The second-order valence-corrected chi connectivity index (χ2v) is 16.0. The Morgan fingerprint density at radius 2 is 1.11 bits per heavy atom. The zero-order valence-electron chi connectivity index (χ0n) is 33.0. The molecule has 0 radical (unpaired) electrons. The van der Waals surface area contributed by atoms with Crippen molar-refractivity contribution < 1.29 is 29.0 Å². The first kappa shape index (κ1) is 40.9. The lowest BCUT2D eigenvalue weighted by Crippen LogP contribution is -2.46. The Balaban J connectivity index is 1.47. The van der Waals surface area contributed by atoms with Gasteiger partial charge in [0.05, 0.1) is 18.8 Å². The lowest BCUT2D eigenvalue weighted by molar-refractivity contribution is 0.0318. The van der Waals surface area contributed by atoms with Crippen LogP contribution in [0.25, 0.3) is 0 Å². The Kier molecular flexibility index (Phi) is 13.3. The number of aromatic carboxylic acids is 1. The van der Waals surface area contributed by atoms with Crippen LogP contribution in [0.3, 0.4) is 0 Å². The lowest BCUT2D eigenvalue weighted by atomic mass is 9.98. The van der Waals surface area contributed by atoms with Crippen molar-refractivity contribution in [3.8, 4) is 0 Å². The van der Waals surface area contributed by atoms with Gasteiger partial charge in [-0.1, -0.05) is 66.7 Å². The number of hydrogen-bond donors (Lipinski definition) is 1. The molecular weight excluding hydrogens is 693 g/mol. The first-order chi connectivity index (χ1) is 26.1. The highest BCUT2D eigenvalue weighted by Crippen LogP contribution is 2.26. The number of amides is 3. The van der Waals surface area contributed by atoms with Gasteiger partial charge in [0.15, 0.2) is 0 Å². The van der Waals surface area contributed by atoms with Gasteiger partial charge in [0.1, 0.15) is 0 Å². The maximum Gasteiger partial charge on any atom is 0.335 e. The molecule has 1 aliphatic rings. The second kappa shape index (κ2) is 17.9. The lowest BCUT2D eigenvalue weighted by Gasteiger charge is -2.37. The van der Waals surface area contributed by atoms with Gasteiger partial charge in [-0.2, -0.15) is 0 Å². The van der Waals surface area contributed by atoms with Gasteiger partial charge in [0.2, 0.25) is 0 Å². The Hall–Kier alpha value is -5.32. The second-order valence-electron chi connectivity index (χ2n) is 16.0. The van der Waals surface area contributed by atoms with Crippen molar-refractivity contribution in [3.05, 3.63) is 142 Å². The van der Waals surface area contributed by atoms with Gasteiger partial charge < -0.3 is 24.5 Å². The number of ether oxygens (including phenoxy) is 1. The van der Waals surface area contributed by atoms with Crippen LogP contribution >= 0.6 is 0 Å². The molecule has 4 aromatic carbocycles. The molecule has 3 amide bonds. The molecule has 0 saturated carbocycles. The van der Waals surface area contributed by atoms with Crippen LogP contribution in [0.15, 0.2) is 103 Å². The van der Waals surface area contributed by atoms with E-state index in [4.69, 9.17) is 4.74 Å². The topological polar surface area (TPSA) is 111 Å². The number of rotatable bonds is 13. The number of carbonyl (C=O) groups excluding carboxylic acids is 3. The van der Waals surface area contributed by atoms with E-state index in [2.05, 4.69) is 4.90 Å². The smallest absolute Gasteiger partial charge is 0.335 e. The average Bonchev–Trinajstić information content (AvgIpc) is 3.17. The number of hydrogen-bond acceptors (Lipinski definition) is 6. The Labute approximate surface area is 325 Å². The summed E-state index contributed by atoms with van der Waals surface area (Å²) in [6.07, 6.45) is 0. The highest BCUT2D eigenvalue weighted by molar-refractivity contribution is 5.98. The summed E-state index contributed by atoms with van der Waals surface area (Å²) in [5, 5.41) is 9.38. The monoisotopic (exact) mass is 746 g/mol. The first-order valence-corrected chi connectivity index (χ1v) is 18.9. The van der Waals surface area contributed by atoms with Gasteiger partial charge in [-0.3, -0.25) is 19.3 Å². The minimum absolute atomic E-state index is 0.117. The minimum atomic E-state index is -1.01. The number of carboxylic acid groups (broad SMARTS) is 1. The summed E-state index contributed by atoms with van der Waals surface area (Å²) in [6, 6.07) is 30.6. The summed E-state index contributed by atoms with van der Waals surface area (Å²) in [7, 11) is 0. The molecule has 55 heavy (non-hydrogen) atoms. The molecule has 5 rings (SSSR count). The summed E-state index contributed by atoms with van der Waals surface area (Å²) in [4.78, 5) is 62.4. The fourth-order valence-corrected chi connectivity index (χ4v) is 6.66. The van der Waals surface area contributed by atoms with Gasteiger partial charge in [-0.25, -0.2) is 4.79 Å². The van der Waals surface area contributed by atoms with Crippen molar-refractivity contribution in [2.75, 3.05) is 39.4 Å². The molecule has 0 spiro atoms. The molecule has 0 bridgehead atoms. The van der Waals surface area contributed by atoms with Crippen LogP contribution < -0.4 is 0 Å². The molecule has 0 atom stereocenters. The van der Waals surface area contributed by atoms with E-state index in [9.17, 15) is 24.3 Å². The molecule has 1 heterocycles. The minimum Gasteiger partial charge on any atom is -0.478 e.